The van der Waals surface area contributed by atoms with Crippen LogP contribution in [0.4, 0.5) is 0 Å². The highest BCUT2D eigenvalue weighted by Gasteiger charge is 2.35. The Bertz CT molecular complexity index is 288. The van der Waals surface area contributed by atoms with Crippen LogP contribution in [0.5, 0.6) is 0 Å². The summed E-state index contributed by atoms with van der Waals surface area (Å²) in [4.78, 5) is 14.3. The molecular formula is C14H26N2O2. The van der Waals surface area contributed by atoms with Crippen LogP contribution in [0.2, 0.25) is 0 Å². The Kier molecular flexibility index (Phi) is 4.62. The number of carbonyl (C=O) groups is 1. The van der Waals surface area contributed by atoms with E-state index in [-0.39, 0.29) is 24.1 Å². The number of nitrogens with two attached hydrogens (primary N) is 1. The maximum atomic E-state index is 12.4. The molecule has 1 unspecified atom stereocenters. The average Bonchev–Trinajstić information content (AvgIpc) is 2.65. The van der Waals surface area contributed by atoms with Crippen LogP contribution in [0.25, 0.3) is 0 Å². The van der Waals surface area contributed by atoms with Gasteiger partial charge in [-0.3, -0.25) is 4.79 Å². The molecule has 1 saturated carbocycles. The zero-order chi connectivity index (χ0) is 13.0. The molecule has 2 aliphatic rings. The Labute approximate surface area is 110 Å². The number of carbonyl (C=O) groups excluding carboxylic acids is 1. The molecule has 1 amide bonds. The highest BCUT2D eigenvalue weighted by Crippen LogP contribution is 2.31. The third kappa shape index (κ3) is 3.23. The van der Waals surface area contributed by atoms with E-state index in [0.717, 1.165) is 57.9 Å². The molecule has 104 valence electrons. The quantitative estimate of drug-likeness (QED) is 0.800. The van der Waals surface area contributed by atoms with E-state index in [0.29, 0.717) is 6.42 Å². The third-order valence-electron chi connectivity index (χ3n) is 4.51. The van der Waals surface area contributed by atoms with Gasteiger partial charge in [-0.2, -0.15) is 0 Å². The van der Waals surface area contributed by atoms with E-state index in [1.807, 2.05) is 4.90 Å². The average molecular weight is 254 g/mol. The summed E-state index contributed by atoms with van der Waals surface area (Å²) in [7, 11) is 0. The minimum atomic E-state index is -0.274. The number of aliphatic hydroxyl groups excluding tert-OH is 1. The number of hydrogen-bond acceptors (Lipinski definition) is 3. The van der Waals surface area contributed by atoms with Gasteiger partial charge in [0.2, 0.25) is 5.91 Å². The van der Waals surface area contributed by atoms with Crippen molar-refractivity contribution in [3.63, 3.8) is 0 Å². The van der Waals surface area contributed by atoms with Gasteiger partial charge in [-0.15, -0.1) is 0 Å². The van der Waals surface area contributed by atoms with Crippen LogP contribution in [0.3, 0.4) is 0 Å². The normalized spacial score (nSPS) is 28.1. The van der Waals surface area contributed by atoms with Crippen molar-refractivity contribution in [2.45, 2.75) is 69.4 Å². The number of amides is 1. The molecule has 1 saturated heterocycles. The first kappa shape index (κ1) is 13.8. The standard InChI is InChI=1S/C14H26N2O2/c15-14(7-3-4-8-14)10-13(18)16-9-5-1-2-6-12(16)11-17/h12,17H,1-11,15H2. The molecule has 0 bridgehead atoms. The van der Waals surface area contributed by atoms with Crippen LogP contribution >= 0.6 is 0 Å². The molecule has 0 spiro atoms. The second kappa shape index (κ2) is 6.02. The molecule has 1 atom stereocenters. The van der Waals surface area contributed by atoms with Crippen molar-refractivity contribution in [2.24, 2.45) is 5.73 Å². The zero-order valence-corrected chi connectivity index (χ0v) is 11.2. The van der Waals surface area contributed by atoms with Gasteiger partial charge in [-0.25, -0.2) is 0 Å². The fourth-order valence-electron chi connectivity index (χ4n) is 3.35. The van der Waals surface area contributed by atoms with Gasteiger partial charge < -0.3 is 15.7 Å². The fourth-order valence-corrected chi connectivity index (χ4v) is 3.35. The largest absolute Gasteiger partial charge is 0.394 e. The summed E-state index contributed by atoms with van der Waals surface area (Å²) in [6.45, 7) is 0.878. The van der Waals surface area contributed by atoms with Crippen molar-refractivity contribution in [3.05, 3.63) is 0 Å². The van der Waals surface area contributed by atoms with Gasteiger partial charge in [-0.1, -0.05) is 25.7 Å². The number of aliphatic hydroxyl groups is 1. The van der Waals surface area contributed by atoms with E-state index >= 15 is 0 Å². The zero-order valence-electron chi connectivity index (χ0n) is 11.2. The number of nitrogens with zero attached hydrogens (tertiary/aromatic N) is 1. The fraction of sp³-hybridized carbons (Fsp3) is 0.929. The number of likely N-dealkylation sites (tertiary alicyclic amines) is 1. The Morgan fingerprint density at radius 3 is 2.61 bits per heavy atom. The second-order valence-electron chi connectivity index (χ2n) is 6.02. The highest BCUT2D eigenvalue weighted by molar-refractivity contribution is 5.78. The summed E-state index contributed by atoms with van der Waals surface area (Å²) in [5.41, 5.74) is 6.01. The van der Waals surface area contributed by atoms with Crippen molar-refractivity contribution in [1.29, 1.82) is 0 Å². The van der Waals surface area contributed by atoms with Crippen LogP contribution < -0.4 is 5.73 Å². The monoisotopic (exact) mass is 254 g/mol. The molecule has 18 heavy (non-hydrogen) atoms. The lowest BCUT2D eigenvalue weighted by molar-refractivity contribution is -0.135. The maximum absolute atomic E-state index is 12.4. The summed E-state index contributed by atoms with van der Waals surface area (Å²) >= 11 is 0. The number of hydrogen-bond donors (Lipinski definition) is 2. The minimum absolute atomic E-state index is 0.0185. The van der Waals surface area contributed by atoms with Crippen molar-refractivity contribution >= 4 is 5.91 Å². The van der Waals surface area contributed by atoms with Crippen molar-refractivity contribution in [1.82, 2.24) is 4.90 Å². The van der Waals surface area contributed by atoms with E-state index in [1.165, 1.54) is 0 Å². The molecule has 0 aromatic heterocycles. The molecule has 1 aliphatic heterocycles. The number of rotatable bonds is 3. The first-order chi connectivity index (χ1) is 8.64. The summed E-state index contributed by atoms with van der Waals surface area (Å²) in [5, 5.41) is 9.44. The van der Waals surface area contributed by atoms with E-state index in [1.54, 1.807) is 0 Å². The lowest BCUT2D eigenvalue weighted by Crippen LogP contribution is -2.48. The Morgan fingerprint density at radius 2 is 1.94 bits per heavy atom. The van der Waals surface area contributed by atoms with Crippen LogP contribution in [0.1, 0.15) is 57.8 Å². The second-order valence-corrected chi connectivity index (χ2v) is 6.02. The molecule has 2 rings (SSSR count). The van der Waals surface area contributed by atoms with Gasteiger partial charge >= 0.3 is 0 Å². The Hall–Kier alpha value is -0.610. The highest BCUT2D eigenvalue weighted by atomic mass is 16.3. The Morgan fingerprint density at radius 1 is 1.22 bits per heavy atom. The molecule has 0 aromatic carbocycles. The summed E-state index contributed by atoms with van der Waals surface area (Å²) in [6, 6.07) is 0.0185. The summed E-state index contributed by atoms with van der Waals surface area (Å²) in [5.74, 6) is 0.153. The van der Waals surface area contributed by atoms with Crippen molar-refractivity contribution < 1.29 is 9.90 Å². The maximum Gasteiger partial charge on any atom is 0.224 e. The molecule has 3 N–H and O–H groups in total. The molecular weight excluding hydrogens is 228 g/mol. The van der Waals surface area contributed by atoms with Gasteiger partial charge in [0.1, 0.15) is 0 Å². The first-order valence-electron chi connectivity index (χ1n) is 7.34. The molecule has 0 aromatic rings. The van der Waals surface area contributed by atoms with Gasteiger partial charge in [-0.05, 0) is 25.7 Å². The SMILES string of the molecule is NC1(CC(=O)N2CCCCCC2CO)CCCC1. The van der Waals surface area contributed by atoms with Gasteiger partial charge in [0.05, 0.1) is 12.6 Å². The van der Waals surface area contributed by atoms with Gasteiger partial charge in [0.15, 0.2) is 0 Å². The predicted octanol–water partition coefficient (Wildman–Crippen LogP) is 1.41. The molecule has 4 heteroatoms. The molecule has 1 aliphatic carbocycles. The van der Waals surface area contributed by atoms with Crippen LogP contribution in [0, 0.1) is 0 Å². The van der Waals surface area contributed by atoms with Gasteiger partial charge in [0, 0.05) is 18.5 Å². The Balaban J connectivity index is 1.96. The van der Waals surface area contributed by atoms with Gasteiger partial charge in [0.25, 0.3) is 0 Å². The van der Waals surface area contributed by atoms with Crippen LogP contribution in [-0.2, 0) is 4.79 Å². The predicted molar refractivity (Wildman–Crippen MR) is 71.1 cm³/mol. The van der Waals surface area contributed by atoms with Crippen LogP contribution in [0.15, 0.2) is 0 Å². The molecule has 4 nitrogen and oxygen atoms in total. The first-order valence-corrected chi connectivity index (χ1v) is 7.34. The minimum Gasteiger partial charge on any atom is -0.394 e. The van der Waals surface area contributed by atoms with E-state index < -0.39 is 0 Å². The lowest BCUT2D eigenvalue weighted by atomic mass is 9.93. The van der Waals surface area contributed by atoms with Crippen LogP contribution in [-0.4, -0.2) is 40.6 Å². The van der Waals surface area contributed by atoms with E-state index in [9.17, 15) is 9.90 Å². The van der Waals surface area contributed by atoms with Crippen molar-refractivity contribution in [2.75, 3.05) is 13.2 Å². The third-order valence-corrected chi connectivity index (χ3v) is 4.51. The smallest absolute Gasteiger partial charge is 0.224 e. The molecule has 0 radical (unpaired) electrons. The van der Waals surface area contributed by atoms with E-state index in [2.05, 4.69) is 0 Å². The van der Waals surface area contributed by atoms with E-state index in [4.69, 9.17) is 5.73 Å². The van der Waals surface area contributed by atoms with Crippen molar-refractivity contribution in [3.8, 4) is 0 Å². The molecule has 1 heterocycles. The lowest BCUT2D eigenvalue weighted by Gasteiger charge is -2.32. The summed E-state index contributed by atoms with van der Waals surface area (Å²) in [6.07, 6.45) is 8.95. The topological polar surface area (TPSA) is 66.6 Å². The molecule has 2 fully saturated rings. The summed E-state index contributed by atoms with van der Waals surface area (Å²) < 4.78 is 0.